The Morgan fingerprint density at radius 1 is 0.967 bits per heavy atom. The Morgan fingerprint density at radius 2 is 1.67 bits per heavy atom. The van der Waals surface area contributed by atoms with Crippen molar-refractivity contribution >= 4 is 17.5 Å². The summed E-state index contributed by atoms with van der Waals surface area (Å²) in [4.78, 5) is 34.6. The fourth-order valence-electron chi connectivity index (χ4n) is 4.48. The van der Waals surface area contributed by atoms with Gasteiger partial charge < -0.3 is 9.80 Å². The molecule has 6 nitrogen and oxygen atoms in total. The molecule has 152 valence electrons. The van der Waals surface area contributed by atoms with Gasteiger partial charge in [-0.25, -0.2) is 4.98 Å². The third-order valence-electron chi connectivity index (χ3n) is 6.01. The van der Waals surface area contributed by atoms with Crippen molar-refractivity contribution in [1.29, 1.82) is 0 Å². The summed E-state index contributed by atoms with van der Waals surface area (Å²) in [5.41, 5.74) is 5.18. The number of rotatable bonds is 3. The first-order chi connectivity index (χ1) is 14.6. The van der Waals surface area contributed by atoms with Crippen molar-refractivity contribution in [3.05, 3.63) is 87.3 Å². The average molecular weight is 400 g/mol. The number of hydrogen-bond acceptors (Lipinski definition) is 4. The fraction of sp³-hybridized carbons (Fsp3) is 0.292. The lowest BCUT2D eigenvalue weighted by molar-refractivity contribution is -0.119. The van der Waals surface area contributed by atoms with E-state index in [4.69, 9.17) is 0 Å². The molecule has 0 unspecified atom stereocenters. The summed E-state index contributed by atoms with van der Waals surface area (Å²) in [6.07, 6.45) is 1.74. The minimum absolute atomic E-state index is 0.00602. The number of amides is 1. The summed E-state index contributed by atoms with van der Waals surface area (Å²) in [7, 11) is 0. The first-order valence-electron chi connectivity index (χ1n) is 10.4. The van der Waals surface area contributed by atoms with Gasteiger partial charge in [-0.05, 0) is 42.5 Å². The molecule has 2 aromatic carbocycles. The van der Waals surface area contributed by atoms with E-state index in [2.05, 4.69) is 34.1 Å². The van der Waals surface area contributed by atoms with Gasteiger partial charge in [-0.3, -0.25) is 14.2 Å². The van der Waals surface area contributed by atoms with Crippen LogP contribution in [0.2, 0.25) is 0 Å². The third-order valence-corrected chi connectivity index (χ3v) is 6.01. The van der Waals surface area contributed by atoms with Crippen molar-refractivity contribution in [3.8, 4) is 0 Å². The van der Waals surface area contributed by atoms with Gasteiger partial charge in [-0.2, -0.15) is 0 Å². The molecular weight excluding hydrogens is 376 g/mol. The zero-order valence-electron chi connectivity index (χ0n) is 17.0. The molecule has 2 aliphatic rings. The molecule has 3 heterocycles. The molecule has 0 atom stereocenters. The first kappa shape index (κ1) is 18.6. The van der Waals surface area contributed by atoms with Gasteiger partial charge in [0.1, 0.15) is 6.54 Å². The van der Waals surface area contributed by atoms with Crippen molar-refractivity contribution < 1.29 is 4.79 Å². The van der Waals surface area contributed by atoms with Crippen LogP contribution in [0.3, 0.4) is 0 Å². The molecule has 2 aliphatic heterocycles. The maximum atomic E-state index is 13.2. The molecule has 0 saturated carbocycles. The van der Waals surface area contributed by atoms with Gasteiger partial charge in [0.2, 0.25) is 11.9 Å². The summed E-state index contributed by atoms with van der Waals surface area (Å²) in [5.74, 6) is 0.502. The largest absolute Gasteiger partial charge is 0.337 e. The molecule has 0 aliphatic carbocycles. The Bertz CT molecular complexity index is 1180. The molecule has 0 bridgehead atoms. The first-order valence-corrected chi connectivity index (χ1v) is 10.4. The van der Waals surface area contributed by atoms with Crippen LogP contribution < -0.4 is 15.4 Å². The van der Waals surface area contributed by atoms with Crippen LogP contribution in [0.5, 0.6) is 0 Å². The highest BCUT2D eigenvalue weighted by Crippen LogP contribution is 2.28. The van der Waals surface area contributed by atoms with E-state index in [9.17, 15) is 9.59 Å². The Kier molecular flexibility index (Phi) is 4.62. The molecule has 0 radical (unpaired) electrons. The Balaban J connectivity index is 1.46. The lowest BCUT2D eigenvalue weighted by Crippen LogP contribution is -2.40. The lowest BCUT2D eigenvalue weighted by atomic mass is 10.0. The predicted molar refractivity (Wildman–Crippen MR) is 117 cm³/mol. The van der Waals surface area contributed by atoms with Gasteiger partial charge in [0.15, 0.2) is 0 Å². The van der Waals surface area contributed by atoms with E-state index < -0.39 is 0 Å². The maximum absolute atomic E-state index is 13.2. The summed E-state index contributed by atoms with van der Waals surface area (Å²) < 4.78 is 1.53. The third kappa shape index (κ3) is 3.28. The molecule has 0 fully saturated rings. The topological polar surface area (TPSA) is 58.4 Å². The minimum atomic E-state index is -0.183. The zero-order chi connectivity index (χ0) is 20.7. The predicted octanol–water partition coefficient (Wildman–Crippen LogP) is 2.70. The summed E-state index contributed by atoms with van der Waals surface area (Å²) in [5, 5.41) is 0. The summed E-state index contributed by atoms with van der Waals surface area (Å²) in [6.45, 7) is 3.93. The molecule has 0 spiro atoms. The number of para-hydroxylation sites is 1. The minimum Gasteiger partial charge on any atom is -0.337 e. The number of aryl methyl sites for hydroxylation is 1. The van der Waals surface area contributed by atoms with E-state index in [-0.39, 0.29) is 18.0 Å². The van der Waals surface area contributed by atoms with Crippen LogP contribution in [0.15, 0.2) is 59.4 Å². The van der Waals surface area contributed by atoms with E-state index >= 15 is 0 Å². The van der Waals surface area contributed by atoms with Crippen molar-refractivity contribution in [2.75, 3.05) is 22.9 Å². The molecule has 5 rings (SSSR count). The van der Waals surface area contributed by atoms with Crippen LogP contribution >= 0.6 is 0 Å². The van der Waals surface area contributed by atoms with Crippen LogP contribution in [0.1, 0.15) is 22.4 Å². The second-order valence-corrected chi connectivity index (χ2v) is 7.99. The van der Waals surface area contributed by atoms with E-state index in [1.165, 1.54) is 27.3 Å². The van der Waals surface area contributed by atoms with Crippen LogP contribution in [-0.4, -0.2) is 28.5 Å². The Hall–Kier alpha value is -3.41. The number of anilines is 2. The van der Waals surface area contributed by atoms with Gasteiger partial charge in [0, 0.05) is 37.1 Å². The van der Waals surface area contributed by atoms with Crippen molar-refractivity contribution in [1.82, 2.24) is 9.55 Å². The second kappa shape index (κ2) is 7.44. The molecule has 0 N–H and O–H groups in total. The van der Waals surface area contributed by atoms with E-state index in [1.807, 2.05) is 31.2 Å². The van der Waals surface area contributed by atoms with Crippen molar-refractivity contribution in [2.45, 2.75) is 32.9 Å². The van der Waals surface area contributed by atoms with E-state index in [0.29, 0.717) is 24.7 Å². The molecule has 1 amide bonds. The Morgan fingerprint density at radius 3 is 2.50 bits per heavy atom. The number of carbonyl (C=O) groups is 1. The summed E-state index contributed by atoms with van der Waals surface area (Å²) in [6, 6.07) is 17.8. The lowest BCUT2D eigenvalue weighted by Gasteiger charge is -2.31. The second-order valence-electron chi connectivity index (χ2n) is 7.99. The van der Waals surface area contributed by atoms with Gasteiger partial charge in [-0.15, -0.1) is 0 Å². The number of fused-ring (bicyclic) bond motifs is 2. The number of nitrogens with zero attached hydrogens (tertiary/aromatic N) is 4. The quantitative estimate of drug-likeness (QED) is 0.678. The average Bonchev–Trinajstić information content (AvgIpc) is 3.19. The molecule has 3 aromatic rings. The summed E-state index contributed by atoms with van der Waals surface area (Å²) >= 11 is 0. The smallest absolute Gasteiger partial charge is 0.255 e. The van der Waals surface area contributed by atoms with Crippen LogP contribution in [0, 0.1) is 6.92 Å². The standard InChI is InChI=1S/C24H24N4O2/c1-17-14-22(29)28(16-23(30)27-13-11-19-7-4-5-9-21(19)27)24(25-17)26-12-10-18-6-2-3-8-20(18)15-26/h2-9,14H,10-13,15-16H2,1H3. The van der Waals surface area contributed by atoms with Gasteiger partial charge in [0.25, 0.3) is 5.56 Å². The normalized spacial score (nSPS) is 15.1. The number of aromatic nitrogens is 2. The van der Waals surface area contributed by atoms with Crippen molar-refractivity contribution in [2.24, 2.45) is 0 Å². The molecular formula is C24H24N4O2. The molecule has 1 aromatic heterocycles. The molecule has 30 heavy (non-hydrogen) atoms. The van der Waals surface area contributed by atoms with Gasteiger partial charge in [-0.1, -0.05) is 42.5 Å². The zero-order valence-corrected chi connectivity index (χ0v) is 17.0. The van der Waals surface area contributed by atoms with E-state index in [0.717, 1.165) is 25.1 Å². The Labute approximate surface area is 175 Å². The van der Waals surface area contributed by atoms with Crippen LogP contribution in [-0.2, 0) is 30.7 Å². The monoisotopic (exact) mass is 400 g/mol. The number of carbonyl (C=O) groups excluding carboxylic acids is 1. The van der Waals surface area contributed by atoms with Crippen LogP contribution in [0.4, 0.5) is 11.6 Å². The van der Waals surface area contributed by atoms with Gasteiger partial charge >= 0.3 is 0 Å². The number of benzene rings is 2. The maximum Gasteiger partial charge on any atom is 0.255 e. The van der Waals surface area contributed by atoms with Gasteiger partial charge in [0.05, 0.1) is 0 Å². The van der Waals surface area contributed by atoms with E-state index in [1.54, 1.807) is 4.90 Å². The SMILES string of the molecule is Cc1cc(=O)n(CC(=O)N2CCc3ccccc32)c(N2CCc3ccccc3C2)n1. The van der Waals surface area contributed by atoms with Crippen molar-refractivity contribution in [3.63, 3.8) is 0 Å². The highest BCUT2D eigenvalue weighted by atomic mass is 16.2. The number of hydrogen-bond donors (Lipinski definition) is 0. The molecule has 6 heteroatoms. The highest BCUT2D eigenvalue weighted by Gasteiger charge is 2.27. The molecule has 0 saturated heterocycles. The highest BCUT2D eigenvalue weighted by molar-refractivity contribution is 5.95. The van der Waals surface area contributed by atoms with Crippen LogP contribution in [0.25, 0.3) is 0 Å². The fourth-order valence-corrected chi connectivity index (χ4v) is 4.48.